The van der Waals surface area contributed by atoms with Crippen molar-refractivity contribution in [2.24, 2.45) is 0 Å². The van der Waals surface area contributed by atoms with Crippen LogP contribution in [0.3, 0.4) is 0 Å². The van der Waals surface area contributed by atoms with Gasteiger partial charge in [0, 0.05) is 18.7 Å². The average Bonchev–Trinajstić information content (AvgIpc) is 2.56. The number of carbonyl (C=O) groups excluding carboxylic acids is 3. The lowest BCUT2D eigenvalue weighted by Gasteiger charge is -2.36. The molecule has 1 atom stereocenters. The molecule has 0 radical (unpaired) electrons. The molecule has 7 nitrogen and oxygen atoms in total. The van der Waals surface area contributed by atoms with Crippen molar-refractivity contribution < 1.29 is 19.1 Å². The molecule has 128 valence electrons. The van der Waals surface area contributed by atoms with E-state index < -0.39 is 12.0 Å². The molecule has 24 heavy (non-hydrogen) atoms. The number of nitrogens with zero attached hydrogens (tertiary/aromatic N) is 1. The first-order valence-corrected chi connectivity index (χ1v) is 7.87. The molecule has 1 aliphatic heterocycles. The maximum absolute atomic E-state index is 12.4. The lowest BCUT2D eigenvalue weighted by atomic mass is 10.1. The quantitative estimate of drug-likeness (QED) is 0.606. The highest BCUT2D eigenvalue weighted by atomic mass is 32.1. The fraction of sp³-hybridized carbons (Fsp3) is 0.375. The van der Waals surface area contributed by atoms with Crippen molar-refractivity contribution in [2.45, 2.75) is 19.4 Å². The standard InChI is InChI=1S/C16H19N3O4S/c1-10-5-3-4-6-11(10)14(21)18-16(24)19-8-7-17-15(22)12(19)9-13(20)23-2/h3-6,12H,7-9H2,1-2H3,(H,17,22)(H,18,21,24). The Morgan fingerprint density at radius 3 is 2.79 bits per heavy atom. The van der Waals surface area contributed by atoms with Crippen LogP contribution in [0.15, 0.2) is 24.3 Å². The van der Waals surface area contributed by atoms with Crippen LogP contribution in [0.25, 0.3) is 0 Å². The number of benzene rings is 1. The summed E-state index contributed by atoms with van der Waals surface area (Å²) in [5.74, 6) is -1.19. The highest BCUT2D eigenvalue weighted by Gasteiger charge is 2.34. The third-order valence-electron chi connectivity index (χ3n) is 3.79. The van der Waals surface area contributed by atoms with Crippen molar-refractivity contribution >= 4 is 35.1 Å². The summed E-state index contributed by atoms with van der Waals surface area (Å²) in [5.41, 5.74) is 1.33. The minimum Gasteiger partial charge on any atom is -0.469 e. The largest absolute Gasteiger partial charge is 0.469 e. The normalized spacial score (nSPS) is 17.0. The molecule has 0 saturated carbocycles. The first kappa shape index (κ1) is 17.9. The van der Waals surface area contributed by atoms with Gasteiger partial charge >= 0.3 is 5.97 Å². The molecular formula is C16H19N3O4S. The van der Waals surface area contributed by atoms with Gasteiger partial charge in [0.2, 0.25) is 5.91 Å². The molecule has 2 N–H and O–H groups in total. The predicted molar refractivity (Wildman–Crippen MR) is 91.4 cm³/mol. The van der Waals surface area contributed by atoms with E-state index in [1.165, 1.54) is 7.11 Å². The number of methoxy groups -OCH3 is 1. The molecule has 2 amide bonds. The summed E-state index contributed by atoms with van der Waals surface area (Å²) in [5, 5.41) is 5.43. The van der Waals surface area contributed by atoms with Crippen molar-refractivity contribution in [3.8, 4) is 0 Å². The highest BCUT2D eigenvalue weighted by molar-refractivity contribution is 7.80. The van der Waals surface area contributed by atoms with Gasteiger partial charge in [0.05, 0.1) is 13.5 Å². The molecule has 2 rings (SSSR count). The Balaban J connectivity index is 2.11. The van der Waals surface area contributed by atoms with Gasteiger partial charge in [-0.25, -0.2) is 0 Å². The van der Waals surface area contributed by atoms with E-state index >= 15 is 0 Å². The zero-order valence-electron chi connectivity index (χ0n) is 13.5. The first-order valence-electron chi connectivity index (χ1n) is 7.46. The third-order valence-corrected chi connectivity index (χ3v) is 4.13. The first-order chi connectivity index (χ1) is 11.4. The van der Waals surface area contributed by atoms with Crippen molar-refractivity contribution in [3.05, 3.63) is 35.4 Å². The predicted octanol–water partition coefficient (Wildman–Crippen LogP) is 0.373. The van der Waals surface area contributed by atoms with E-state index in [9.17, 15) is 14.4 Å². The number of amides is 2. The lowest BCUT2D eigenvalue weighted by molar-refractivity contribution is -0.144. The number of hydrogen-bond donors (Lipinski definition) is 2. The van der Waals surface area contributed by atoms with Gasteiger partial charge in [0.1, 0.15) is 6.04 Å². The van der Waals surface area contributed by atoms with Crippen LogP contribution in [0, 0.1) is 6.92 Å². The molecule has 1 aliphatic rings. The van der Waals surface area contributed by atoms with Gasteiger partial charge in [-0.05, 0) is 30.8 Å². The number of piperazine rings is 1. The van der Waals surface area contributed by atoms with Gasteiger partial charge in [0.25, 0.3) is 5.91 Å². The second kappa shape index (κ2) is 7.87. The SMILES string of the molecule is COC(=O)CC1C(=O)NCCN1C(=S)NC(=O)c1ccccc1C. The molecule has 1 saturated heterocycles. The van der Waals surface area contributed by atoms with E-state index in [2.05, 4.69) is 15.4 Å². The average molecular weight is 349 g/mol. The van der Waals surface area contributed by atoms with Gasteiger partial charge in [-0.3, -0.25) is 19.7 Å². The Labute approximate surface area is 145 Å². The topological polar surface area (TPSA) is 87.7 Å². The summed E-state index contributed by atoms with van der Waals surface area (Å²) in [6.07, 6.45) is -0.136. The van der Waals surface area contributed by atoms with Crippen LogP contribution in [0.5, 0.6) is 0 Å². The zero-order chi connectivity index (χ0) is 17.7. The van der Waals surface area contributed by atoms with Crippen molar-refractivity contribution in [3.63, 3.8) is 0 Å². The van der Waals surface area contributed by atoms with Crippen LogP contribution >= 0.6 is 12.2 Å². The Kier molecular flexibility index (Phi) is 5.86. The fourth-order valence-electron chi connectivity index (χ4n) is 2.47. The second-order valence-corrected chi connectivity index (χ2v) is 5.74. The number of carbonyl (C=O) groups is 3. The van der Waals surface area contributed by atoms with Gasteiger partial charge < -0.3 is 15.0 Å². The van der Waals surface area contributed by atoms with Gasteiger partial charge in [0.15, 0.2) is 5.11 Å². The van der Waals surface area contributed by atoms with E-state index in [0.717, 1.165) is 5.56 Å². The highest BCUT2D eigenvalue weighted by Crippen LogP contribution is 2.12. The molecule has 0 spiro atoms. The van der Waals surface area contributed by atoms with Crippen molar-refractivity contribution in [2.75, 3.05) is 20.2 Å². The van der Waals surface area contributed by atoms with E-state index in [1.807, 2.05) is 19.1 Å². The maximum atomic E-state index is 12.4. The Bertz CT molecular complexity index is 677. The summed E-state index contributed by atoms with van der Waals surface area (Å²) < 4.78 is 4.62. The molecule has 1 heterocycles. The van der Waals surface area contributed by atoms with Crippen LogP contribution in [0.2, 0.25) is 0 Å². The minimum atomic E-state index is -0.795. The van der Waals surface area contributed by atoms with Crippen molar-refractivity contribution in [1.29, 1.82) is 0 Å². The number of hydrogen-bond acceptors (Lipinski definition) is 5. The van der Waals surface area contributed by atoms with Gasteiger partial charge in [-0.2, -0.15) is 0 Å². The summed E-state index contributed by atoms with van der Waals surface area (Å²) in [7, 11) is 1.26. The Morgan fingerprint density at radius 2 is 2.12 bits per heavy atom. The molecule has 8 heteroatoms. The molecule has 0 aromatic heterocycles. The van der Waals surface area contributed by atoms with Crippen molar-refractivity contribution in [1.82, 2.24) is 15.5 Å². The Morgan fingerprint density at radius 1 is 1.42 bits per heavy atom. The second-order valence-electron chi connectivity index (χ2n) is 5.35. The summed E-state index contributed by atoms with van der Waals surface area (Å²) in [4.78, 5) is 37.5. The lowest BCUT2D eigenvalue weighted by Crippen LogP contribution is -2.60. The van der Waals surface area contributed by atoms with E-state index in [0.29, 0.717) is 18.7 Å². The number of aryl methyl sites for hydroxylation is 1. The van der Waals surface area contributed by atoms with Crippen LogP contribution in [0.4, 0.5) is 0 Å². The van der Waals surface area contributed by atoms with Crippen LogP contribution in [-0.4, -0.2) is 54.0 Å². The van der Waals surface area contributed by atoms with E-state index in [1.54, 1.807) is 17.0 Å². The molecular weight excluding hydrogens is 330 g/mol. The van der Waals surface area contributed by atoms with Gasteiger partial charge in [-0.1, -0.05) is 18.2 Å². The molecule has 0 aliphatic carbocycles. The number of ether oxygens (including phenoxy) is 1. The zero-order valence-corrected chi connectivity index (χ0v) is 14.3. The fourth-order valence-corrected chi connectivity index (χ4v) is 2.78. The van der Waals surface area contributed by atoms with E-state index in [-0.39, 0.29) is 23.3 Å². The number of nitrogens with one attached hydrogen (secondary N) is 2. The van der Waals surface area contributed by atoms with E-state index in [4.69, 9.17) is 12.2 Å². The molecule has 0 bridgehead atoms. The Hall–Kier alpha value is -2.48. The van der Waals surface area contributed by atoms with Crippen LogP contribution < -0.4 is 10.6 Å². The monoisotopic (exact) mass is 349 g/mol. The minimum absolute atomic E-state index is 0.118. The number of esters is 1. The number of thiocarbonyl (C=S) groups is 1. The maximum Gasteiger partial charge on any atom is 0.308 e. The van der Waals surface area contributed by atoms with Crippen LogP contribution in [-0.2, 0) is 14.3 Å². The molecule has 1 aromatic carbocycles. The summed E-state index contributed by atoms with van der Waals surface area (Å²) in [6, 6.07) is 6.33. The molecule has 1 unspecified atom stereocenters. The molecule has 1 fully saturated rings. The summed E-state index contributed by atoms with van der Waals surface area (Å²) in [6.45, 7) is 2.61. The smallest absolute Gasteiger partial charge is 0.308 e. The third kappa shape index (κ3) is 4.08. The summed E-state index contributed by atoms with van der Waals surface area (Å²) >= 11 is 5.27. The van der Waals surface area contributed by atoms with Crippen LogP contribution in [0.1, 0.15) is 22.3 Å². The van der Waals surface area contributed by atoms with Gasteiger partial charge in [-0.15, -0.1) is 0 Å². The molecule has 1 aromatic rings. The number of rotatable bonds is 3.